The Morgan fingerprint density at radius 3 is 2.34 bits per heavy atom. The van der Waals surface area contributed by atoms with Gasteiger partial charge in [0.25, 0.3) is 0 Å². The van der Waals surface area contributed by atoms with Gasteiger partial charge in [-0.3, -0.25) is 9.69 Å². The van der Waals surface area contributed by atoms with Crippen molar-refractivity contribution in [1.82, 2.24) is 40.4 Å². The van der Waals surface area contributed by atoms with E-state index >= 15 is 0 Å². The Hall–Kier alpha value is -5.41. The summed E-state index contributed by atoms with van der Waals surface area (Å²) in [5.74, 6) is 1.86. The van der Waals surface area contributed by atoms with Gasteiger partial charge >= 0.3 is 12.2 Å². The van der Waals surface area contributed by atoms with E-state index < -0.39 is 30.5 Å². The molecule has 1 fully saturated rings. The third-order valence-corrected chi connectivity index (χ3v) is 11.6. The number of nitrogens with zero attached hydrogens (tertiary/aromatic N) is 4. The number of nitrogens with one attached hydrogen (secondary N) is 4. The number of allylic oxidation sites excluding steroid dienone is 3. The number of alkyl carbamates (subject to hydrolysis) is 2. The normalized spacial score (nSPS) is 21.1. The van der Waals surface area contributed by atoms with Crippen LogP contribution in [0.2, 0.25) is 0 Å². The highest BCUT2D eigenvalue weighted by molar-refractivity contribution is 5.86. The standard InChI is InChI=1S/C44H60N8O7/c1-10-19-51(41(53)36(24(2)3)49-43(55)57-8)27(7)39-45-23-34(48-39)31-18-17-30(38-32(31)21-26(6)59-38)28-13-15-29(16-14-28)33-22-46-40(47-33)35-12-11-20-52(35)42(54)37(25(4)5)50-44(56)58-9/h13-18,21-25,27,30,35-38,42,54H,10-12,19-20H2,1-9H3,(H,45,48)(H,46,47)(H,49,55)(H,50,56)/t27-,30?,35-,36-,37-,38?,42?/m0/s1. The zero-order valence-corrected chi connectivity index (χ0v) is 35.6. The van der Waals surface area contributed by atoms with Gasteiger partial charge in [-0.1, -0.05) is 71.0 Å². The molecule has 7 atom stereocenters. The number of carbonyl (C=O) groups excluding carboxylic acids is 3. The molecule has 3 aliphatic rings. The topological polar surface area (TPSA) is 187 Å². The number of amides is 3. The first-order valence-electron chi connectivity index (χ1n) is 20.7. The van der Waals surface area contributed by atoms with E-state index in [1.807, 2.05) is 59.6 Å². The van der Waals surface area contributed by atoms with Crippen LogP contribution in [-0.4, -0.2) is 105 Å². The average Bonchev–Trinajstić information content (AvgIpc) is 4.06. The number of aromatic nitrogens is 4. The fourth-order valence-corrected chi connectivity index (χ4v) is 8.40. The molecule has 4 heterocycles. The van der Waals surface area contributed by atoms with Gasteiger partial charge in [-0.2, -0.15) is 0 Å². The van der Waals surface area contributed by atoms with Crippen molar-refractivity contribution in [3.8, 4) is 11.3 Å². The Kier molecular flexibility index (Phi) is 13.7. The number of imidazole rings is 2. The van der Waals surface area contributed by atoms with Crippen LogP contribution in [0.5, 0.6) is 0 Å². The number of carbonyl (C=O) groups is 3. The van der Waals surface area contributed by atoms with Gasteiger partial charge in [-0.25, -0.2) is 19.6 Å². The number of aliphatic hydroxyl groups excluding tert-OH is 1. The lowest BCUT2D eigenvalue weighted by Crippen LogP contribution is -2.54. The Morgan fingerprint density at radius 1 is 0.983 bits per heavy atom. The summed E-state index contributed by atoms with van der Waals surface area (Å²) in [6.45, 7) is 14.8. The molecule has 6 rings (SSSR count). The van der Waals surface area contributed by atoms with E-state index in [-0.39, 0.29) is 41.8 Å². The van der Waals surface area contributed by atoms with Gasteiger partial charge in [0.1, 0.15) is 30.0 Å². The first kappa shape index (κ1) is 43.2. The quantitative estimate of drug-likeness (QED) is 0.110. The van der Waals surface area contributed by atoms with Gasteiger partial charge in [-0.15, -0.1) is 0 Å². The van der Waals surface area contributed by atoms with Gasteiger partial charge in [0.05, 0.1) is 61.9 Å². The molecule has 1 aromatic carbocycles. The van der Waals surface area contributed by atoms with Crippen molar-refractivity contribution in [2.45, 2.75) is 110 Å². The van der Waals surface area contributed by atoms with Crippen molar-refractivity contribution in [2.75, 3.05) is 27.3 Å². The number of methoxy groups -OCH3 is 2. The van der Waals surface area contributed by atoms with Crippen molar-refractivity contribution in [3.05, 3.63) is 89.1 Å². The van der Waals surface area contributed by atoms with Gasteiger partial charge in [-0.05, 0) is 62.1 Å². The highest BCUT2D eigenvalue weighted by atomic mass is 16.5. The number of rotatable bonds is 15. The van der Waals surface area contributed by atoms with E-state index in [1.165, 1.54) is 14.2 Å². The van der Waals surface area contributed by atoms with Crippen molar-refractivity contribution in [2.24, 2.45) is 11.8 Å². The molecule has 2 aromatic heterocycles. The Morgan fingerprint density at radius 2 is 1.68 bits per heavy atom. The van der Waals surface area contributed by atoms with Gasteiger partial charge < -0.3 is 44.8 Å². The van der Waals surface area contributed by atoms with E-state index in [1.54, 1.807) is 11.1 Å². The lowest BCUT2D eigenvalue weighted by atomic mass is 9.82. The molecule has 1 aliphatic carbocycles. The monoisotopic (exact) mass is 812 g/mol. The maximum Gasteiger partial charge on any atom is 0.407 e. The molecule has 0 saturated carbocycles. The van der Waals surface area contributed by atoms with Crippen molar-refractivity contribution >= 4 is 23.7 Å². The van der Waals surface area contributed by atoms with Crippen LogP contribution in [0.3, 0.4) is 0 Å². The molecule has 59 heavy (non-hydrogen) atoms. The lowest BCUT2D eigenvalue weighted by molar-refractivity contribution is -0.136. The highest BCUT2D eigenvalue weighted by Crippen LogP contribution is 2.43. The van der Waals surface area contributed by atoms with Gasteiger partial charge in [0, 0.05) is 30.2 Å². The molecule has 0 bridgehead atoms. The second-order valence-electron chi connectivity index (χ2n) is 16.3. The van der Waals surface area contributed by atoms with Crippen LogP contribution >= 0.6 is 0 Å². The summed E-state index contributed by atoms with van der Waals surface area (Å²) in [7, 11) is 2.60. The fraction of sp³-hybridized carbons (Fsp3) is 0.523. The molecule has 318 valence electrons. The smallest absolute Gasteiger partial charge is 0.407 e. The molecule has 15 nitrogen and oxygen atoms in total. The molecule has 3 aromatic rings. The van der Waals surface area contributed by atoms with Crippen LogP contribution in [-0.2, 0) is 19.0 Å². The Bertz CT molecular complexity index is 2050. The van der Waals surface area contributed by atoms with Crippen LogP contribution in [0.1, 0.15) is 109 Å². The predicted molar refractivity (Wildman–Crippen MR) is 223 cm³/mol. The second-order valence-corrected chi connectivity index (χ2v) is 16.3. The number of aromatic amines is 2. The Balaban J connectivity index is 1.17. The lowest BCUT2D eigenvalue weighted by Gasteiger charge is -2.35. The van der Waals surface area contributed by atoms with Crippen LogP contribution in [0.15, 0.2) is 66.2 Å². The molecular formula is C44H60N8O7. The summed E-state index contributed by atoms with van der Waals surface area (Å²) in [6, 6.07) is 6.66. The number of benzene rings is 1. The van der Waals surface area contributed by atoms with E-state index in [0.29, 0.717) is 18.9 Å². The molecule has 3 amide bonds. The summed E-state index contributed by atoms with van der Waals surface area (Å²) in [5, 5.41) is 16.9. The largest absolute Gasteiger partial charge is 0.489 e. The zero-order chi connectivity index (χ0) is 42.5. The van der Waals surface area contributed by atoms with Crippen molar-refractivity contribution in [3.63, 3.8) is 0 Å². The molecule has 2 aliphatic heterocycles. The number of ether oxygens (including phenoxy) is 3. The minimum absolute atomic E-state index is 0.0158. The van der Waals surface area contributed by atoms with Crippen LogP contribution < -0.4 is 10.6 Å². The summed E-state index contributed by atoms with van der Waals surface area (Å²) >= 11 is 0. The maximum absolute atomic E-state index is 13.8. The molecule has 1 saturated heterocycles. The van der Waals surface area contributed by atoms with Crippen LogP contribution in [0.25, 0.3) is 16.8 Å². The van der Waals surface area contributed by atoms with E-state index in [2.05, 4.69) is 63.1 Å². The third kappa shape index (κ3) is 9.26. The van der Waals surface area contributed by atoms with Crippen LogP contribution in [0, 0.1) is 11.8 Å². The van der Waals surface area contributed by atoms with Crippen molar-refractivity contribution in [1.29, 1.82) is 0 Å². The molecule has 0 spiro atoms. The maximum atomic E-state index is 13.8. The number of H-pyrrole nitrogens is 2. The van der Waals surface area contributed by atoms with Gasteiger partial charge in [0.2, 0.25) is 5.91 Å². The minimum Gasteiger partial charge on any atom is -0.489 e. The first-order valence-corrected chi connectivity index (χ1v) is 20.7. The molecule has 5 N–H and O–H groups in total. The first-order chi connectivity index (χ1) is 28.3. The highest BCUT2D eigenvalue weighted by Gasteiger charge is 2.39. The number of aliphatic hydroxyl groups is 1. The van der Waals surface area contributed by atoms with E-state index in [9.17, 15) is 19.5 Å². The molecule has 3 unspecified atom stereocenters. The van der Waals surface area contributed by atoms with E-state index in [0.717, 1.165) is 64.5 Å². The summed E-state index contributed by atoms with van der Waals surface area (Å²) < 4.78 is 16.0. The zero-order valence-electron chi connectivity index (χ0n) is 35.6. The fourth-order valence-electron chi connectivity index (χ4n) is 8.40. The second kappa shape index (κ2) is 18.7. The number of fused-ring (bicyclic) bond motifs is 1. The minimum atomic E-state index is -0.903. The number of hydrogen-bond donors (Lipinski definition) is 5. The van der Waals surface area contributed by atoms with E-state index in [4.69, 9.17) is 24.2 Å². The predicted octanol–water partition coefficient (Wildman–Crippen LogP) is 6.73. The summed E-state index contributed by atoms with van der Waals surface area (Å²) in [5.41, 5.74) is 5.81. The summed E-state index contributed by atoms with van der Waals surface area (Å²) in [6.07, 6.45) is 10.1. The van der Waals surface area contributed by atoms with Gasteiger partial charge in [0.15, 0.2) is 0 Å². The Labute approximate surface area is 346 Å². The number of hydrogen-bond acceptors (Lipinski definition) is 10. The molecule has 15 heteroatoms. The number of likely N-dealkylation sites (tertiary alicyclic amines) is 1. The molecular weight excluding hydrogens is 753 g/mol. The SMILES string of the molecule is CCCN(C(=O)[C@@H](NC(=O)OC)C(C)C)[C@@H](C)c1ncc(C2=C3C=C(C)OC3C(c3ccc(-c4cnc([C@@H]5CCCN5C(O)[C@@H](NC(=O)OC)C(C)C)[nH]4)cc3)C=C2)[nH]1. The van der Waals surface area contributed by atoms with Crippen molar-refractivity contribution < 1.29 is 33.7 Å². The average molecular weight is 813 g/mol. The molecule has 0 radical (unpaired) electrons. The summed E-state index contributed by atoms with van der Waals surface area (Å²) in [4.78, 5) is 58.2. The third-order valence-electron chi connectivity index (χ3n) is 11.6. The van der Waals surface area contributed by atoms with Crippen LogP contribution in [0.4, 0.5) is 9.59 Å².